The molecule has 0 amide bonds. The van der Waals surface area contributed by atoms with Crippen molar-refractivity contribution in [3.8, 4) is 34.5 Å². The number of fused-ring (bicyclic) bond motifs is 2. The van der Waals surface area contributed by atoms with E-state index in [2.05, 4.69) is 71.0 Å². The monoisotopic (exact) mass is 737 g/mol. The first kappa shape index (κ1) is 37.1. The fraction of sp³-hybridized carbons (Fsp3) is 0.261. The number of aromatic nitrogens is 3. The normalized spacial score (nSPS) is 11.2. The Labute approximate surface area is 322 Å². The molecular weight excluding hydrogens is 691 g/mol. The third kappa shape index (κ3) is 7.87. The maximum Gasteiger partial charge on any atom is 0.134 e. The first-order valence-corrected chi connectivity index (χ1v) is 18.4. The zero-order chi connectivity index (χ0) is 38.5. The van der Waals surface area contributed by atoms with E-state index in [0.717, 1.165) is 73.6 Å². The van der Waals surface area contributed by atoms with E-state index in [0.29, 0.717) is 26.0 Å². The minimum atomic E-state index is 0.268. The number of nitrogens with zero attached hydrogens (tertiary/aromatic N) is 3. The molecule has 0 bridgehead atoms. The van der Waals surface area contributed by atoms with Crippen molar-refractivity contribution >= 4 is 21.5 Å². The molecule has 0 aliphatic heterocycles. The number of methoxy groups -OCH3 is 4. The topological polar surface area (TPSA) is 86.1 Å². The first-order valence-electron chi connectivity index (χ1n) is 18.4. The molecule has 7 rings (SSSR count). The standard InChI is InChI=1S/C46H47N3O6/c1-8-54-46-18-30(3)42(55-28-37-26-49(48-47-37)27-40-38-15-11-9-13-31(38)19-32-14-10-12-16-39(32)40)23-36(46)21-35-25-44(52-6)34(24-45(35)53-7)20-33-22-41(50-4)29(2)17-43(33)51-5/h9-19,22-26H,8,20-21,27-28H2,1-7H3. The van der Waals surface area contributed by atoms with Crippen molar-refractivity contribution in [1.82, 2.24) is 15.0 Å². The van der Waals surface area contributed by atoms with Gasteiger partial charge in [0.05, 0.1) is 47.8 Å². The van der Waals surface area contributed by atoms with E-state index in [1.807, 2.05) is 62.0 Å². The van der Waals surface area contributed by atoms with Crippen molar-refractivity contribution in [1.29, 1.82) is 0 Å². The number of rotatable bonds is 15. The summed E-state index contributed by atoms with van der Waals surface area (Å²) in [5, 5.41) is 13.8. The summed E-state index contributed by atoms with van der Waals surface area (Å²) in [4.78, 5) is 0. The van der Waals surface area contributed by atoms with Crippen LogP contribution < -0.4 is 28.4 Å². The molecule has 0 spiro atoms. The summed E-state index contributed by atoms with van der Waals surface area (Å²) in [5.41, 5.74) is 7.79. The third-order valence-electron chi connectivity index (χ3n) is 10.1. The highest BCUT2D eigenvalue weighted by molar-refractivity contribution is 6.02. The van der Waals surface area contributed by atoms with Crippen LogP contribution in [0.15, 0.2) is 97.2 Å². The second-order valence-corrected chi connectivity index (χ2v) is 13.6. The van der Waals surface area contributed by atoms with E-state index < -0.39 is 0 Å². The SMILES string of the molecule is CCOc1cc(C)c(OCc2cn(Cc3c4ccccc4cc4ccccc34)nn2)cc1Cc1cc(OC)c(Cc2cc(OC)c(C)cc2OC)cc1OC. The predicted octanol–water partition coefficient (Wildman–Crippen LogP) is 9.44. The van der Waals surface area contributed by atoms with Crippen molar-refractivity contribution in [2.24, 2.45) is 0 Å². The van der Waals surface area contributed by atoms with Gasteiger partial charge in [0, 0.05) is 35.1 Å². The van der Waals surface area contributed by atoms with Gasteiger partial charge in [-0.05, 0) is 101 Å². The molecule has 0 unspecified atom stereocenters. The van der Waals surface area contributed by atoms with Crippen LogP contribution in [0.2, 0.25) is 0 Å². The third-order valence-corrected chi connectivity index (χ3v) is 10.1. The zero-order valence-electron chi connectivity index (χ0n) is 32.6. The summed E-state index contributed by atoms with van der Waals surface area (Å²) >= 11 is 0. The van der Waals surface area contributed by atoms with Crippen LogP contribution in [0.5, 0.6) is 34.5 Å². The first-order chi connectivity index (χ1) is 26.8. The Morgan fingerprint density at radius 3 is 1.62 bits per heavy atom. The van der Waals surface area contributed by atoms with Gasteiger partial charge in [-0.15, -0.1) is 5.10 Å². The Balaban J connectivity index is 1.13. The summed E-state index contributed by atoms with van der Waals surface area (Å²) in [6.07, 6.45) is 3.06. The number of hydrogen-bond acceptors (Lipinski definition) is 8. The minimum absolute atomic E-state index is 0.268. The molecule has 0 saturated carbocycles. The van der Waals surface area contributed by atoms with Gasteiger partial charge >= 0.3 is 0 Å². The van der Waals surface area contributed by atoms with Gasteiger partial charge < -0.3 is 28.4 Å². The average Bonchev–Trinajstić information content (AvgIpc) is 3.66. The zero-order valence-corrected chi connectivity index (χ0v) is 32.6. The van der Waals surface area contributed by atoms with Gasteiger partial charge in [-0.2, -0.15) is 0 Å². The Morgan fingerprint density at radius 2 is 1.04 bits per heavy atom. The fourth-order valence-electron chi connectivity index (χ4n) is 7.32. The molecule has 0 aliphatic carbocycles. The van der Waals surface area contributed by atoms with Crippen LogP contribution in [-0.4, -0.2) is 50.0 Å². The molecule has 0 saturated heterocycles. The second-order valence-electron chi connectivity index (χ2n) is 13.6. The highest BCUT2D eigenvalue weighted by atomic mass is 16.5. The molecule has 55 heavy (non-hydrogen) atoms. The van der Waals surface area contributed by atoms with Crippen molar-refractivity contribution in [2.45, 2.75) is 46.8 Å². The second kappa shape index (κ2) is 16.4. The molecule has 7 aromatic rings. The molecule has 9 nitrogen and oxygen atoms in total. The molecule has 1 heterocycles. The van der Waals surface area contributed by atoms with Crippen molar-refractivity contribution in [2.75, 3.05) is 35.0 Å². The van der Waals surface area contributed by atoms with Crippen molar-refractivity contribution in [3.63, 3.8) is 0 Å². The lowest BCUT2D eigenvalue weighted by Gasteiger charge is -2.19. The smallest absolute Gasteiger partial charge is 0.134 e. The number of aryl methyl sites for hydroxylation is 2. The molecule has 0 fully saturated rings. The molecule has 282 valence electrons. The van der Waals surface area contributed by atoms with Gasteiger partial charge in [-0.25, -0.2) is 4.68 Å². The molecule has 0 radical (unpaired) electrons. The Bertz CT molecular complexity index is 2420. The van der Waals surface area contributed by atoms with Gasteiger partial charge in [0.1, 0.15) is 46.8 Å². The highest BCUT2D eigenvalue weighted by Crippen LogP contribution is 2.38. The van der Waals surface area contributed by atoms with Gasteiger partial charge in [0.15, 0.2) is 0 Å². The van der Waals surface area contributed by atoms with E-state index >= 15 is 0 Å². The lowest BCUT2D eigenvalue weighted by Crippen LogP contribution is -2.05. The lowest BCUT2D eigenvalue weighted by molar-refractivity contribution is 0.296. The molecule has 0 N–H and O–H groups in total. The quantitative estimate of drug-likeness (QED) is 0.0963. The van der Waals surface area contributed by atoms with Crippen LogP contribution in [-0.2, 0) is 26.0 Å². The van der Waals surface area contributed by atoms with Gasteiger partial charge in [-0.1, -0.05) is 53.7 Å². The van der Waals surface area contributed by atoms with Gasteiger partial charge in [0.2, 0.25) is 0 Å². The Hall–Kier alpha value is -6.22. The van der Waals surface area contributed by atoms with Crippen LogP contribution in [0.1, 0.15) is 51.6 Å². The molecule has 1 aromatic heterocycles. The Kier molecular flexibility index (Phi) is 11.1. The molecule has 0 aliphatic rings. The summed E-state index contributed by atoms with van der Waals surface area (Å²) in [6.45, 7) is 7.41. The van der Waals surface area contributed by atoms with E-state index in [-0.39, 0.29) is 6.61 Å². The fourth-order valence-corrected chi connectivity index (χ4v) is 7.32. The molecular formula is C46H47N3O6. The van der Waals surface area contributed by atoms with E-state index in [1.54, 1.807) is 28.4 Å². The predicted molar refractivity (Wildman–Crippen MR) is 217 cm³/mol. The van der Waals surface area contributed by atoms with Crippen LogP contribution in [0.25, 0.3) is 21.5 Å². The van der Waals surface area contributed by atoms with Crippen LogP contribution in [0.3, 0.4) is 0 Å². The van der Waals surface area contributed by atoms with Gasteiger partial charge in [0.25, 0.3) is 0 Å². The Morgan fingerprint density at radius 1 is 0.545 bits per heavy atom. The number of benzene rings is 6. The summed E-state index contributed by atoms with van der Waals surface area (Å²) in [7, 11) is 6.73. The minimum Gasteiger partial charge on any atom is -0.496 e. The molecule has 6 aromatic carbocycles. The van der Waals surface area contributed by atoms with Crippen LogP contribution in [0, 0.1) is 13.8 Å². The summed E-state index contributed by atoms with van der Waals surface area (Å²) in [5.74, 6) is 4.63. The highest BCUT2D eigenvalue weighted by Gasteiger charge is 2.19. The maximum atomic E-state index is 6.42. The van der Waals surface area contributed by atoms with Crippen molar-refractivity contribution in [3.05, 3.63) is 142 Å². The van der Waals surface area contributed by atoms with Crippen molar-refractivity contribution < 1.29 is 28.4 Å². The average molecular weight is 738 g/mol. The molecule has 0 atom stereocenters. The van der Waals surface area contributed by atoms with E-state index in [9.17, 15) is 0 Å². The molecule has 9 heteroatoms. The van der Waals surface area contributed by atoms with Gasteiger partial charge in [-0.3, -0.25) is 0 Å². The maximum absolute atomic E-state index is 6.42. The lowest BCUT2D eigenvalue weighted by atomic mass is 9.96. The number of hydrogen-bond donors (Lipinski definition) is 0. The van der Waals surface area contributed by atoms with E-state index in [1.165, 1.54) is 27.1 Å². The largest absolute Gasteiger partial charge is 0.496 e. The summed E-state index contributed by atoms with van der Waals surface area (Å²) < 4.78 is 37.7. The van der Waals surface area contributed by atoms with Crippen LogP contribution in [0.4, 0.5) is 0 Å². The van der Waals surface area contributed by atoms with Crippen LogP contribution >= 0.6 is 0 Å². The van der Waals surface area contributed by atoms with E-state index in [4.69, 9.17) is 28.4 Å². The number of ether oxygens (including phenoxy) is 6. The summed E-state index contributed by atoms with van der Waals surface area (Å²) in [6, 6.07) is 31.4.